The Labute approximate surface area is 220 Å². The summed E-state index contributed by atoms with van der Waals surface area (Å²) in [5, 5.41) is 0.434. The molecule has 9 nitrogen and oxygen atoms in total. The number of halogens is 1. The van der Waals surface area contributed by atoms with E-state index >= 15 is 0 Å². The van der Waals surface area contributed by atoms with Crippen LogP contribution in [0.4, 0.5) is 5.13 Å². The number of sulfone groups is 1. The van der Waals surface area contributed by atoms with E-state index in [1.54, 1.807) is 24.0 Å². The van der Waals surface area contributed by atoms with Gasteiger partial charge in [0.2, 0.25) is 6.10 Å². The van der Waals surface area contributed by atoms with E-state index in [2.05, 4.69) is 9.88 Å². The molecule has 0 spiro atoms. The van der Waals surface area contributed by atoms with Crippen LogP contribution in [0.25, 0.3) is 10.2 Å². The van der Waals surface area contributed by atoms with E-state index in [9.17, 15) is 13.2 Å². The third-order valence-electron chi connectivity index (χ3n) is 6.10. The molecular formula is C24H28ClN3O6S2. The summed E-state index contributed by atoms with van der Waals surface area (Å²) in [5.74, 6) is 0.836. The van der Waals surface area contributed by atoms with Gasteiger partial charge in [-0.25, -0.2) is 13.4 Å². The maximum Gasteiger partial charge on any atom is 0.273 e. The van der Waals surface area contributed by atoms with Gasteiger partial charge in [-0.3, -0.25) is 14.6 Å². The molecule has 36 heavy (non-hydrogen) atoms. The van der Waals surface area contributed by atoms with Gasteiger partial charge in [-0.1, -0.05) is 29.5 Å². The molecular weight excluding hydrogens is 526 g/mol. The Morgan fingerprint density at radius 3 is 2.50 bits per heavy atom. The summed E-state index contributed by atoms with van der Waals surface area (Å²) in [6.45, 7) is 5.68. The van der Waals surface area contributed by atoms with Crippen LogP contribution in [0, 0.1) is 0 Å². The summed E-state index contributed by atoms with van der Waals surface area (Å²) in [6.07, 6.45) is -0.214. The molecule has 194 valence electrons. The van der Waals surface area contributed by atoms with E-state index in [1.165, 1.54) is 17.4 Å². The number of hydrogen-bond acceptors (Lipinski definition) is 9. The van der Waals surface area contributed by atoms with Gasteiger partial charge in [0.1, 0.15) is 11.6 Å². The van der Waals surface area contributed by atoms with E-state index in [-0.39, 0.29) is 23.2 Å². The number of amides is 1. The number of nitrogens with zero attached hydrogens (tertiary/aromatic N) is 3. The second kappa shape index (κ2) is 10.9. The van der Waals surface area contributed by atoms with Gasteiger partial charge in [-0.15, -0.1) is 12.4 Å². The predicted molar refractivity (Wildman–Crippen MR) is 141 cm³/mol. The molecule has 1 amide bonds. The Kier molecular flexibility index (Phi) is 8.06. The maximum atomic E-state index is 13.9. The first-order chi connectivity index (χ1) is 16.8. The van der Waals surface area contributed by atoms with E-state index in [0.29, 0.717) is 53.2 Å². The number of fused-ring (bicyclic) bond motifs is 2. The molecule has 2 aromatic carbocycles. The summed E-state index contributed by atoms with van der Waals surface area (Å²) in [4.78, 5) is 22.5. The minimum atomic E-state index is -3.48. The number of ether oxygens (including phenoxy) is 3. The summed E-state index contributed by atoms with van der Waals surface area (Å²) in [7, 11) is -3.48. The first-order valence-electron chi connectivity index (χ1n) is 11.4. The van der Waals surface area contributed by atoms with Crippen molar-refractivity contribution < 1.29 is 27.4 Å². The van der Waals surface area contributed by atoms with E-state index in [0.717, 1.165) is 19.3 Å². The highest BCUT2D eigenvalue weighted by molar-refractivity contribution is 7.91. The number of para-hydroxylation sites is 3. The lowest BCUT2D eigenvalue weighted by Gasteiger charge is -2.34. The SMILES string of the molecule is CC1Oc2ccccc2OC1C(=O)N(CCN1CCOCC1)c1nc2c(S(C)(=O)=O)cccc2s1.Cl. The molecule has 2 aliphatic heterocycles. The first-order valence-corrected chi connectivity index (χ1v) is 14.2. The van der Waals surface area contributed by atoms with Crippen molar-refractivity contribution in [3.8, 4) is 11.5 Å². The fraction of sp³-hybridized carbons (Fsp3) is 0.417. The second-order valence-electron chi connectivity index (χ2n) is 8.62. The molecule has 1 saturated heterocycles. The average molecular weight is 554 g/mol. The van der Waals surface area contributed by atoms with Gasteiger partial charge < -0.3 is 14.2 Å². The highest BCUT2D eigenvalue weighted by Crippen LogP contribution is 2.36. The molecule has 3 aromatic rings. The number of benzene rings is 2. The standard InChI is InChI=1S/C24H27N3O6S2.ClH/c1-16-22(33-18-7-4-3-6-17(18)32-16)23(28)27(11-10-26-12-14-31-15-13-26)24-25-21-19(34-24)8-5-9-20(21)35(2,29)30;/h3-9,16,22H,10-15H2,1-2H3;1H. The largest absolute Gasteiger partial charge is 0.482 e. The van der Waals surface area contributed by atoms with Crippen LogP contribution in [0.3, 0.4) is 0 Å². The minimum absolute atomic E-state index is 0. The Morgan fingerprint density at radius 1 is 1.11 bits per heavy atom. The molecule has 0 N–H and O–H groups in total. The molecule has 1 aromatic heterocycles. The topological polar surface area (TPSA) is 98.3 Å². The lowest BCUT2D eigenvalue weighted by molar-refractivity contribution is -0.130. The Bertz CT molecular complexity index is 1340. The van der Waals surface area contributed by atoms with Crippen molar-refractivity contribution >= 4 is 54.8 Å². The number of thiazole rings is 1. The van der Waals surface area contributed by atoms with Gasteiger partial charge in [-0.05, 0) is 31.2 Å². The van der Waals surface area contributed by atoms with Crippen molar-refractivity contribution in [3.05, 3.63) is 42.5 Å². The number of aromatic nitrogens is 1. The van der Waals surface area contributed by atoms with Crippen molar-refractivity contribution in [1.29, 1.82) is 0 Å². The van der Waals surface area contributed by atoms with Gasteiger partial charge in [-0.2, -0.15) is 0 Å². The van der Waals surface area contributed by atoms with Gasteiger partial charge in [0, 0.05) is 32.4 Å². The molecule has 2 unspecified atom stereocenters. The maximum absolute atomic E-state index is 13.9. The molecule has 1 fully saturated rings. The summed E-state index contributed by atoms with van der Waals surface area (Å²) < 4.78 is 42.9. The zero-order chi connectivity index (χ0) is 24.6. The van der Waals surface area contributed by atoms with Crippen molar-refractivity contribution in [2.75, 3.05) is 50.5 Å². The molecule has 0 aliphatic carbocycles. The molecule has 0 bridgehead atoms. The molecule has 0 saturated carbocycles. The number of carbonyl (C=O) groups is 1. The number of anilines is 1. The van der Waals surface area contributed by atoms with Gasteiger partial charge >= 0.3 is 0 Å². The van der Waals surface area contributed by atoms with Crippen LogP contribution in [0.5, 0.6) is 11.5 Å². The third-order valence-corrected chi connectivity index (χ3v) is 8.27. The van der Waals surface area contributed by atoms with Crippen molar-refractivity contribution in [2.45, 2.75) is 24.0 Å². The Balaban J connectivity index is 0.00000304. The van der Waals surface area contributed by atoms with Crippen LogP contribution < -0.4 is 14.4 Å². The lowest BCUT2D eigenvalue weighted by Crippen LogP contribution is -2.52. The van der Waals surface area contributed by atoms with Crippen LogP contribution in [0.1, 0.15) is 6.92 Å². The number of rotatable bonds is 6. The zero-order valence-corrected chi connectivity index (χ0v) is 22.4. The van der Waals surface area contributed by atoms with Crippen LogP contribution >= 0.6 is 23.7 Å². The molecule has 2 atom stereocenters. The fourth-order valence-corrected chi connectivity index (χ4v) is 6.16. The van der Waals surface area contributed by atoms with Gasteiger partial charge in [0.15, 0.2) is 26.5 Å². The normalized spacial score (nSPS) is 20.1. The van der Waals surface area contributed by atoms with Gasteiger partial charge in [0.25, 0.3) is 5.91 Å². The lowest BCUT2D eigenvalue weighted by atomic mass is 10.1. The molecule has 3 heterocycles. The van der Waals surface area contributed by atoms with Crippen LogP contribution in [-0.4, -0.2) is 82.1 Å². The Hall–Kier alpha value is -2.44. The van der Waals surface area contributed by atoms with E-state index < -0.39 is 22.0 Å². The smallest absolute Gasteiger partial charge is 0.273 e. The minimum Gasteiger partial charge on any atom is -0.482 e. The predicted octanol–water partition coefficient (Wildman–Crippen LogP) is 3.02. The zero-order valence-electron chi connectivity index (χ0n) is 20.0. The highest BCUT2D eigenvalue weighted by atomic mass is 35.5. The van der Waals surface area contributed by atoms with Gasteiger partial charge in [0.05, 0.1) is 22.8 Å². The summed E-state index contributed by atoms with van der Waals surface area (Å²) in [5.41, 5.74) is 0.373. The quantitative estimate of drug-likeness (QED) is 0.459. The van der Waals surface area contributed by atoms with Crippen LogP contribution in [-0.2, 0) is 19.4 Å². The second-order valence-corrected chi connectivity index (χ2v) is 11.6. The highest BCUT2D eigenvalue weighted by Gasteiger charge is 2.38. The average Bonchev–Trinajstić information content (AvgIpc) is 3.27. The molecule has 0 radical (unpaired) electrons. The molecule has 2 aliphatic rings. The van der Waals surface area contributed by atoms with Crippen molar-refractivity contribution in [2.24, 2.45) is 0 Å². The van der Waals surface area contributed by atoms with Crippen molar-refractivity contribution in [1.82, 2.24) is 9.88 Å². The van der Waals surface area contributed by atoms with Crippen molar-refractivity contribution in [3.63, 3.8) is 0 Å². The van der Waals surface area contributed by atoms with Crippen LogP contribution in [0.15, 0.2) is 47.4 Å². The number of carbonyl (C=O) groups excluding carboxylic acids is 1. The molecule has 5 rings (SSSR count). The number of hydrogen-bond donors (Lipinski definition) is 0. The summed E-state index contributed by atoms with van der Waals surface area (Å²) in [6, 6.07) is 12.3. The Morgan fingerprint density at radius 2 is 1.81 bits per heavy atom. The fourth-order valence-electron chi connectivity index (χ4n) is 4.24. The third kappa shape index (κ3) is 5.45. The summed E-state index contributed by atoms with van der Waals surface area (Å²) >= 11 is 1.29. The monoisotopic (exact) mass is 553 g/mol. The van der Waals surface area contributed by atoms with Crippen LogP contribution in [0.2, 0.25) is 0 Å². The molecule has 12 heteroatoms. The van der Waals surface area contributed by atoms with E-state index in [1.807, 2.05) is 24.3 Å². The van der Waals surface area contributed by atoms with E-state index in [4.69, 9.17) is 14.2 Å². The number of morpholine rings is 1. The first kappa shape index (κ1) is 26.6.